The Balaban J connectivity index is 2.29. The molecule has 0 saturated carbocycles. The third-order valence-electron chi connectivity index (χ3n) is 3.87. The quantitative estimate of drug-likeness (QED) is 0.714. The number of aromatic nitrogens is 2. The van der Waals surface area contributed by atoms with E-state index in [1.165, 1.54) is 59.2 Å². The summed E-state index contributed by atoms with van der Waals surface area (Å²) in [5.41, 5.74) is -0.112. The van der Waals surface area contributed by atoms with Crippen LogP contribution in [0.5, 0.6) is 0 Å². The van der Waals surface area contributed by atoms with E-state index in [1.54, 1.807) is 12.1 Å². The van der Waals surface area contributed by atoms with Crippen molar-refractivity contribution in [2.75, 3.05) is 0 Å². The van der Waals surface area contributed by atoms with Crippen LogP contribution in [-0.2, 0) is 6.54 Å². The number of aromatic amines is 1. The van der Waals surface area contributed by atoms with Crippen LogP contribution in [0.4, 0.5) is 8.78 Å². The summed E-state index contributed by atoms with van der Waals surface area (Å²) in [6, 6.07) is 11.3. The van der Waals surface area contributed by atoms with Crippen molar-refractivity contribution in [3.8, 4) is 0 Å². The summed E-state index contributed by atoms with van der Waals surface area (Å²) in [5.74, 6) is -0.901. The maximum absolute atomic E-state index is 13.4. The number of benzene rings is 2. The number of nitrogens with one attached hydrogen (secondary N) is 1. The molecule has 0 spiro atoms. The smallest absolute Gasteiger partial charge is 0.275 e. The standard InChI is InChI=1S/C21H16F2N2O2/c1-2-9-25-19(13-15-6-4-8-17(23)11-15)20(26)24-18(21(25)27)12-14-5-3-7-16(22)10-14/h2-8,10-13H,1,9H2,(H,24,26)/b18-12-,19-13-. The van der Waals surface area contributed by atoms with E-state index in [2.05, 4.69) is 11.6 Å². The van der Waals surface area contributed by atoms with Crippen molar-refractivity contribution in [2.24, 2.45) is 0 Å². The van der Waals surface area contributed by atoms with E-state index in [4.69, 9.17) is 0 Å². The van der Waals surface area contributed by atoms with Gasteiger partial charge >= 0.3 is 0 Å². The molecule has 6 heteroatoms. The fraction of sp³-hybridized carbons (Fsp3) is 0.0476. The Bertz CT molecular complexity index is 1240. The topological polar surface area (TPSA) is 54.9 Å². The summed E-state index contributed by atoms with van der Waals surface area (Å²) >= 11 is 0. The summed E-state index contributed by atoms with van der Waals surface area (Å²) in [6.45, 7) is 3.70. The van der Waals surface area contributed by atoms with Gasteiger partial charge in [-0.25, -0.2) is 8.78 Å². The van der Waals surface area contributed by atoms with E-state index in [1.807, 2.05) is 0 Å². The lowest BCUT2D eigenvalue weighted by atomic mass is 10.2. The molecule has 1 aromatic heterocycles. The third-order valence-corrected chi connectivity index (χ3v) is 3.87. The zero-order valence-electron chi connectivity index (χ0n) is 14.3. The van der Waals surface area contributed by atoms with Crippen molar-refractivity contribution in [1.29, 1.82) is 0 Å². The molecule has 2 aromatic carbocycles. The fourth-order valence-electron chi connectivity index (χ4n) is 2.69. The van der Waals surface area contributed by atoms with Crippen molar-refractivity contribution in [1.82, 2.24) is 9.55 Å². The molecule has 0 aliphatic rings. The van der Waals surface area contributed by atoms with Gasteiger partial charge in [0.1, 0.15) is 22.3 Å². The number of halogens is 2. The molecule has 0 unspecified atom stereocenters. The van der Waals surface area contributed by atoms with Gasteiger partial charge in [0.05, 0.1) is 0 Å². The number of H-pyrrole nitrogens is 1. The van der Waals surface area contributed by atoms with Gasteiger partial charge < -0.3 is 4.98 Å². The molecule has 1 heterocycles. The van der Waals surface area contributed by atoms with Crippen LogP contribution in [0.3, 0.4) is 0 Å². The van der Waals surface area contributed by atoms with E-state index in [0.717, 1.165) is 0 Å². The highest BCUT2D eigenvalue weighted by Gasteiger charge is 2.05. The Kier molecular flexibility index (Phi) is 5.26. The molecule has 0 aliphatic heterocycles. The molecule has 27 heavy (non-hydrogen) atoms. The second-order valence-corrected chi connectivity index (χ2v) is 5.86. The Hall–Kier alpha value is -3.54. The minimum atomic E-state index is -0.525. The van der Waals surface area contributed by atoms with Gasteiger partial charge in [0.25, 0.3) is 11.1 Å². The lowest BCUT2D eigenvalue weighted by molar-refractivity contribution is 0.627. The summed E-state index contributed by atoms with van der Waals surface area (Å²) in [5, 5.41) is 0.0886. The number of rotatable bonds is 4. The Morgan fingerprint density at radius 2 is 1.56 bits per heavy atom. The largest absolute Gasteiger partial charge is 0.316 e. The average molecular weight is 366 g/mol. The zero-order chi connectivity index (χ0) is 19.4. The number of hydrogen-bond acceptors (Lipinski definition) is 2. The lowest BCUT2D eigenvalue weighted by Crippen LogP contribution is -2.53. The lowest BCUT2D eigenvalue weighted by Gasteiger charge is -2.04. The molecular formula is C21H16F2N2O2. The van der Waals surface area contributed by atoms with Crippen LogP contribution in [0.1, 0.15) is 11.1 Å². The van der Waals surface area contributed by atoms with Crippen molar-refractivity contribution in [2.45, 2.75) is 6.54 Å². The van der Waals surface area contributed by atoms with E-state index in [9.17, 15) is 18.4 Å². The number of nitrogens with zero attached hydrogens (tertiary/aromatic N) is 1. The first-order valence-corrected chi connectivity index (χ1v) is 8.16. The molecule has 0 fully saturated rings. The second-order valence-electron chi connectivity index (χ2n) is 5.86. The molecule has 3 rings (SSSR count). The molecular weight excluding hydrogens is 350 g/mol. The van der Waals surface area contributed by atoms with Gasteiger partial charge in [0.2, 0.25) is 0 Å². The van der Waals surface area contributed by atoms with Crippen LogP contribution < -0.4 is 21.8 Å². The molecule has 1 N–H and O–H groups in total. The normalized spacial score (nSPS) is 12.4. The van der Waals surface area contributed by atoms with Crippen molar-refractivity contribution < 1.29 is 8.78 Å². The van der Waals surface area contributed by atoms with Gasteiger partial charge in [-0.2, -0.15) is 0 Å². The highest BCUT2D eigenvalue weighted by atomic mass is 19.1. The molecule has 3 aromatic rings. The summed E-state index contributed by atoms with van der Waals surface area (Å²) in [4.78, 5) is 27.9. The minimum absolute atomic E-state index is 0.0174. The molecule has 0 aliphatic carbocycles. The van der Waals surface area contributed by atoms with Crippen molar-refractivity contribution in [3.05, 3.63) is 115 Å². The molecule has 0 bridgehead atoms. The van der Waals surface area contributed by atoms with Crippen LogP contribution in [-0.4, -0.2) is 9.55 Å². The highest BCUT2D eigenvalue weighted by Crippen LogP contribution is 2.04. The maximum atomic E-state index is 13.4. The zero-order valence-corrected chi connectivity index (χ0v) is 14.3. The van der Waals surface area contributed by atoms with Gasteiger partial charge in [-0.3, -0.25) is 14.2 Å². The molecule has 4 nitrogen and oxygen atoms in total. The first-order valence-electron chi connectivity index (χ1n) is 8.16. The molecule has 0 atom stereocenters. The van der Waals surface area contributed by atoms with E-state index in [-0.39, 0.29) is 17.2 Å². The van der Waals surface area contributed by atoms with Gasteiger partial charge in [0, 0.05) is 6.54 Å². The predicted molar refractivity (Wildman–Crippen MR) is 101 cm³/mol. The molecule has 0 saturated heterocycles. The molecule has 0 radical (unpaired) electrons. The average Bonchev–Trinajstić information content (AvgIpc) is 2.62. The van der Waals surface area contributed by atoms with Crippen molar-refractivity contribution in [3.63, 3.8) is 0 Å². The Labute approximate surface area is 153 Å². The van der Waals surface area contributed by atoms with E-state index in [0.29, 0.717) is 11.1 Å². The minimum Gasteiger partial charge on any atom is -0.316 e. The monoisotopic (exact) mass is 366 g/mol. The number of allylic oxidation sites excluding steroid dienone is 1. The number of hydrogen-bond donors (Lipinski definition) is 1. The van der Waals surface area contributed by atoms with Gasteiger partial charge in [0.15, 0.2) is 0 Å². The van der Waals surface area contributed by atoms with Crippen LogP contribution in [0.2, 0.25) is 0 Å². The van der Waals surface area contributed by atoms with Gasteiger partial charge in [-0.05, 0) is 47.5 Å². The van der Waals surface area contributed by atoms with Crippen LogP contribution in [0.15, 0.2) is 70.8 Å². The van der Waals surface area contributed by atoms with Crippen LogP contribution in [0.25, 0.3) is 12.2 Å². The predicted octanol–water partition coefficient (Wildman–Crippen LogP) is 1.66. The molecule has 0 amide bonds. The third kappa shape index (κ3) is 4.17. The van der Waals surface area contributed by atoms with Crippen molar-refractivity contribution >= 4 is 12.2 Å². The first-order chi connectivity index (χ1) is 13.0. The first kappa shape index (κ1) is 18.3. The Morgan fingerprint density at radius 1 is 0.963 bits per heavy atom. The van der Waals surface area contributed by atoms with E-state index >= 15 is 0 Å². The van der Waals surface area contributed by atoms with Crippen LogP contribution >= 0.6 is 0 Å². The SMILES string of the molecule is C=CCn1c(=O)/c(=C/c2cccc(F)c2)[nH]c(=O)/c1=C/c1cccc(F)c1. The summed E-state index contributed by atoms with van der Waals surface area (Å²) in [7, 11) is 0. The summed E-state index contributed by atoms with van der Waals surface area (Å²) in [6.07, 6.45) is 4.31. The van der Waals surface area contributed by atoms with E-state index < -0.39 is 22.8 Å². The Morgan fingerprint density at radius 3 is 2.11 bits per heavy atom. The maximum Gasteiger partial charge on any atom is 0.275 e. The second kappa shape index (κ2) is 7.78. The van der Waals surface area contributed by atoms with Gasteiger partial charge in [-0.1, -0.05) is 30.3 Å². The van der Waals surface area contributed by atoms with Gasteiger partial charge in [-0.15, -0.1) is 6.58 Å². The highest BCUT2D eigenvalue weighted by molar-refractivity contribution is 5.49. The van der Waals surface area contributed by atoms with Crippen LogP contribution in [0, 0.1) is 11.6 Å². The molecule has 136 valence electrons. The fourth-order valence-corrected chi connectivity index (χ4v) is 2.69. The summed E-state index contributed by atoms with van der Waals surface area (Å²) < 4.78 is 28.0.